The molecule has 2 aromatic carbocycles. The first-order chi connectivity index (χ1) is 13.1. The Kier molecular flexibility index (Phi) is 5.09. The first kappa shape index (κ1) is 17.9. The number of ether oxygens (including phenoxy) is 1. The van der Waals surface area contributed by atoms with Crippen LogP contribution in [0.15, 0.2) is 48.5 Å². The molecule has 7 heteroatoms. The van der Waals surface area contributed by atoms with Crippen LogP contribution in [0.2, 0.25) is 5.02 Å². The maximum Gasteiger partial charge on any atom is 0.235 e. The Morgan fingerprint density at radius 2 is 2.00 bits per heavy atom. The average molecular weight is 400 g/mol. The molecule has 2 N–H and O–H groups in total. The number of fused-ring (bicyclic) bond motifs is 1. The van der Waals surface area contributed by atoms with E-state index in [9.17, 15) is 4.79 Å². The fraction of sp³-hybridized carbons (Fsp3) is 0.200. The third-order valence-electron chi connectivity index (χ3n) is 4.44. The van der Waals surface area contributed by atoms with Crippen LogP contribution in [0, 0.1) is 6.92 Å². The first-order valence-electron chi connectivity index (χ1n) is 8.55. The summed E-state index contributed by atoms with van der Waals surface area (Å²) in [4.78, 5) is 12.0. The highest BCUT2D eigenvalue weighted by molar-refractivity contribution is 8.00. The highest BCUT2D eigenvalue weighted by atomic mass is 35.5. The van der Waals surface area contributed by atoms with Crippen LogP contribution in [-0.4, -0.2) is 21.9 Å². The molecule has 138 valence electrons. The highest BCUT2D eigenvalue weighted by Crippen LogP contribution is 2.45. The molecule has 0 radical (unpaired) electrons. The number of hydrogen-bond donors (Lipinski definition) is 2. The van der Waals surface area contributed by atoms with Crippen LogP contribution in [0.5, 0.6) is 5.75 Å². The summed E-state index contributed by atoms with van der Waals surface area (Å²) in [6, 6.07) is 15.5. The van der Waals surface area contributed by atoms with Gasteiger partial charge < -0.3 is 10.1 Å². The van der Waals surface area contributed by atoms with Crippen LogP contribution in [0.25, 0.3) is 0 Å². The Labute approximate surface area is 166 Å². The molecule has 1 atom stereocenters. The molecule has 0 aliphatic carbocycles. The zero-order valence-corrected chi connectivity index (χ0v) is 16.2. The number of carbonyl (C=O) groups excluding carboxylic acids is 1. The fourth-order valence-corrected chi connectivity index (χ4v) is 4.52. The highest BCUT2D eigenvalue weighted by Gasteiger charge is 2.30. The van der Waals surface area contributed by atoms with E-state index in [0.717, 1.165) is 28.1 Å². The number of benzene rings is 2. The minimum absolute atomic E-state index is 0.0512. The summed E-state index contributed by atoms with van der Waals surface area (Å²) in [7, 11) is 0. The summed E-state index contributed by atoms with van der Waals surface area (Å²) in [5.74, 6) is 1.67. The van der Waals surface area contributed by atoms with E-state index in [1.54, 1.807) is 11.8 Å². The lowest BCUT2D eigenvalue weighted by molar-refractivity contribution is -0.113. The molecular formula is C20H18ClN3O2S. The molecule has 0 spiro atoms. The van der Waals surface area contributed by atoms with E-state index >= 15 is 0 Å². The average Bonchev–Trinajstić information content (AvgIpc) is 2.93. The molecule has 0 bridgehead atoms. The monoisotopic (exact) mass is 399 g/mol. The van der Waals surface area contributed by atoms with Crippen molar-refractivity contribution in [1.82, 2.24) is 10.2 Å². The van der Waals surface area contributed by atoms with E-state index in [4.69, 9.17) is 16.3 Å². The number of carbonyl (C=O) groups is 1. The minimum atomic E-state index is -0.0554. The van der Waals surface area contributed by atoms with Crippen LogP contribution in [0.3, 0.4) is 0 Å². The molecule has 1 aliphatic heterocycles. The minimum Gasteiger partial charge on any atom is -0.489 e. The number of nitrogens with zero attached hydrogens (tertiary/aromatic N) is 1. The van der Waals surface area contributed by atoms with Crippen molar-refractivity contribution in [2.75, 3.05) is 11.1 Å². The number of nitrogens with one attached hydrogen (secondary N) is 2. The molecule has 0 unspecified atom stereocenters. The number of aryl methyl sites for hydroxylation is 1. The molecule has 4 rings (SSSR count). The van der Waals surface area contributed by atoms with Crippen molar-refractivity contribution in [2.45, 2.75) is 18.8 Å². The lowest BCUT2D eigenvalue weighted by Gasteiger charge is -2.19. The SMILES string of the molecule is Cc1[nH]nc2c1[C@H](c1ccccc1OCc1ccccc1Cl)SCC(=O)N2. The van der Waals surface area contributed by atoms with Gasteiger partial charge in [-0.1, -0.05) is 48.0 Å². The van der Waals surface area contributed by atoms with Crippen molar-refractivity contribution >= 4 is 35.1 Å². The van der Waals surface area contributed by atoms with Gasteiger partial charge in [-0.2, -0.15) is 5.10 Å². The molecule has 1 amide bonds. The lowest BCUT2D eigenvalue weighted by atomic mass is 10.0. The van der Waals surface area contributed by atoms with Crippen molar-refractivity contribution in [2.24, 2.45) is 0 Å². The third-order valence-corrected chi connectivity index (χ3v) is 6.06. The molecule has 0 fully saturated rings. The maximum absolute atomic E-state index is 12.0. The van der Waals surface area contributed by atoms with Gasteiger partial charge in [-0.3, -0.25) is 9.89 Å². The Morgan fingerprint density at radius 1 is 1.22 bits per heavy atom. The van der Waals surface area contributed by atoms with Gasteiger partial charge in [0, 0.05) is 27.4 Å². The van der Waals surface area contributed by atoms with Gasteiger partial charge in [0.2, 0.25) is 5.91 Å². The maximum atomic E-state index is 12.0. The van der Waals surface area contributed by atoms with E-state index in [-0.39, 0.29) is 11.2 Å². The molecule has 1 aromatic heterocycles. The van der Waals surface area contributed by atoms with Gasteiger partial charge in [0.05, 0.1) is 11.0 Å². The second-order valence-corrected chi connectivity index (χ2v) is 7.77. The quantitative estimate of drug-likeness (QED) is 0.665. The van der Waals surface area contributed by atoms with Crippen molar-refractivity contribution in [3.8, 4) is 5.75 Å². The van der Waals surface area contributed by atoms with Gasteiger partial charge in [-0.15, -0.1) is 11.8 Å². The molecular weight excluding hydrogens is 382 g/mol. The van der Waals surface area contributed by atoms with Crippen LogP contribution >= 0.6 is 23.4 Å². The standard InChI is InChI=1S/C20H18ClN3O2S/c1-12-18-19(27-11-17(25)22-20(18)24-23-12)14-7-3-5-9-16(14)26-10-13-6-2-4-8-15(13)21/h2-9,19H,10-11H2,1H3,(H2,22,23,24,25)/t19-/m0/s1. The Balaban J connectivity index is 1.68. The number of anilines is 1. The number of H-pyrrole nitrogens is 1. The van der Waals surface area contributed by atoms with E-state index in [2.05, 4.69) is 15.5 Å². The fourth-order valence-electron chi connectivity index (χ4n) is 3.11. The van der Waals surface area contributed by atoms with Gasteiger partial charge in [0.1, 0.15) is 12.4 Å². The molecule has 0 saturated heterocycles. The van der Waals surface area contributed by atoms with Crippen LogP contribution in [0.1, 0.15) is 27.6 Å². The number of thioether (sulfide) groups is 1. The smallest absolute Gasteiger partial charge is 0.235 e. The summed E-state index contributed by atoms with van der Waals surface area (Å²) in [5, 5.41) is 10.7. The summed E-state index contributed by atoms with van der Waals surface area (Å²) >= 11 is 7.81. The van der Waals surface area contributed by atoms with Crippen LogP contribution in [-0.2, 0) is 11.4 Å². The molecule has 1 aliphatic rings. The molecule has 2 heterocycles. The topological polar surface area (TPSA) is 67.0 Å². The Morgan fingerprint density at radius 3 is 2.85 bits per heavy atom. The number of amides is 1. The summed E-state index contributed by atoms with van der Waals surface area (Å²) in [6.07, 6.45) is 0. The van der Waals surface area contributed by atoms with Crippen molar-refractivity contribution in [3.63, 3.8) is 0 Å². The van der Waals surface area contributed by atoms with E-state index in [1.165, 1.54) is 0 Å². The zero-order valence-electron chi connectivity index (χ0n) is 14.7. The second-order valence-electron chi connectivity index (χ2n) is 6.27. The van der Waals surface area contributed by atoms with Crippen molar-refractivity contribution in [1.29, 1.82) is 0 Å². The van der Waals surface area contributed by atoms with Crippen molar-refractivity contribution in [3.05, 3.63) is 75.9 Å². The van der Waals surface area contributed by atoms with E-state index in [0.29, 0.717) is 23.2 Å². The zero-order chi connectivity index (χ0) is 18.8. The number of aromatic amines is 1. The van der Waals surface area contributed by atoms with E-state index in [1.807, 2.05) is 55.5 Å². The summed E-state index contributed by atoms with van der Waals surface area (Å²) < 4.78 is 6.12. The summed E-state index contributed by atoms with van der Waals surface area (Å²) in [6.45, 7) is 2.34. The van der Waals surface area contributed by atoms with Gasteiger partial charge in [-0.05, 0) is 19.1 Å². The first-order valence-corrected chi connectivity index (χ1v) is 9.97. The third kappa shape index (κ3) is 3.68. The van der Waals surface area contributed by atoms with E-state index < -0.39 is 0 Å². The number of hydrogen-bond acceptors (Lipinski definition) is 4. The van der Waals surface area contributed by atoms with Gasteiger partial charge in [0.25, 0.3) is 0 Å². The normalized spacial score (nSPS) is 16.4. The number of rotatable bonds is 4. The lowest BCUT2D eigenvalue weighted by Crippen LogP contribution is -2.12. The molecule has 3 aromatic rings. The van der Waals surface area contributed by atoms with Crippen LogP contribution in [0.4, 0.5) is 5.82 Å². The molecule has 0 saturated carbocycles. The van der Waals surface area contributed by atoms with Gasteiger partial charge >= 0.3 is 0 Å². The largest absolute Gasteiger partial charge is 0.489 e. The predicted molar refractivity (Wildman–Crippen MR) is 108 cm³/mol. The Bertz CT molecular complexity index is 989. The van der Waals surface area contributed by atoms with Crippen molar-refractivity contribution < 1.29 is 9.53 Å². The summed E-state index contributed by atoms with van der Waals surface area (Å²) in [5.41, 5.74) is 3.86. The van der Waals surface area contributed by atoms with Crippen LogP contribution < -0.4 is 10.1 Å². The molecule has 5 nitrogen and oxygen atoms in total. The predicted octanol–water partition coefficient (Wildman–Crippen LogP) is 4.73. The molecule has 27 heavy (non-hydrogen) atoms. The van der Waals surface area contributed by atoms with Gasteiger partial charge in [-0.25, -0.2) is 0 Å². The number of halogens is 1. The second kappa shape index (κ2) is 7.66. The number of aromatic nitrogens is 2. The Hall–Kier alpha value is -2.44. The number of para-hydroxylation sites is 1. The van der Waals surface area contributed by atoms with Gasteiger partial charge in [0.15, 0.2) is 5.82 Å².